The topological polar surface area (TPSA) is 17.1 Å². The van der Waals surface area contributed by atoms with Gasteiger partial charge in [0.1, 0.15) is 5.78 Å². The Hall–Kier alpha value is -0.330. The van der Waals surface area contributed by atoms with Crippen molar-refractivity contribution < 1.29 is 4.79 Å². The van der Waals surface area contributed by atoms with Crippen molar-refractivity contribution in [3.05, 3.63) is 0 Å². The summed E-state index contributed by atoms with van der Waals surface area (Å²) < 4.78 is 0. The fourth-order valence-corrected chi connectivity index (χ4v) is 4.14. The molecule has 1 heteroatoms. The molecule has 0 N–H and O–H groups in total. The third-order valence-electron chi connectivity index (χ3n) is 4.89. The Bertz CT molecular complexity index is 246. The zero-order valence-electron chi connectivity index (χ0n) is 8.22. The van der Waals surface area contributed by atoms with Crippen LogP contribution >= 0.6 is 0 Å². The molecule has 0 aromatic heterocycles. The fraction of sp³-hybridized carbons (Fsp3) is 0.917. The fourth-order valence-electron chi connectivity index (χ4n) is 4.14. The molecular weight excluding hydrogens is 160 g/mol. The number of rotatable bonds is 0. The van der Waals surface area contributed by atoms with E-state index in [1.807, 2.05) is 0 Å². The predicted octanol–water partition coefficient (Wildman–Crippen LogP) is 2.94. The molecule has 72 valence electrons. The van der Waals surface area contributed by atoms with Crippen molar-refractivity contribution in [2.75, 3.05) is 0 Å². The highest BCUT2D eigenvalue weighted by Crippen LogP contribution is 2.59. The molecule has 2 bridgehead atoms. The normalized spacial score (nSPS) is 49.1. The second-order valence-corrected chi connectivity index (χ2v) is 5.42. The van der Waals surface area contributed by atoms with E-state index in [0.717, 1.165) is 12.3 Å². The lowest BCUT2D eigenvalue weighted by atomic mass is 9.60. The standard InChI is InChI=1S/C12H18O/c13-11-7-10-3-1-2-5-12(10)6-4-9(11)8-12/h9-10H,1-8H2. The number of hydrogen-bond donors (Lipinski definition) is 0. The predicted molar refractivity (Wildman–Crippen MR) is 51.4 cm³/mol. The van der Waals surface area contributed by atoms with Gasteiger partial charge in [0.05, 0.1) is 0 Å². The zero-order chi connectivity index (χ0) is 8.89. The van der Waals surface area contributed by atoms with Crippen LogP contribution in [0.4, 0.5) is 0 Å². The minimum atomic E-state index is 0.481. The van der Waals surface area contributed by atoms with Crippen LogP contribution in [0.3, 0.4) is 0 Å². The highest BCUT2D eigenvalue weighted by molar-refractivity contribution is 5.83. The van der Waals surface area contributed by atoms with E-state index in [0.29, 0.717) is 17.1 Å². The number of fused-ring (bicyclic) bond motifs is 1. The van der Waals surface area contributed by atoms with E-state index in [1.54, 1.807) is 0 Å². The van der Waals surface area contributed by atoms with E-state index in [2.05, 4.69) is 0 Å². The molecule has 3 fully saturated rings. The molecule has 0 saturated heterocycles. The van der Waals surface area contributed by atoms with E-state index in [4.69, 9.17) is 0 Å². The Kier molecular flexibility index (Phi) is 1.59. The molecule has 3 saturated carbocycles. The maximum Gasteiger partial charge on any atom is 0.136 e. The number of carbonyl (C=O) groups is 1. The van der Waals surface area contributed by atoms with Crippen LogP contribution in [-0.2, 0) is 4.79 Å². The Morgan fingerprint density at radius 1 is 1.15 bits per heavy atom. The lowest BCUT2D eigenvalue weighted by molar-refractivity contribution is -0.128. The molecule has 0 aromatic rings. The van der Waals surface area contributed by atoms with Gasteiger partial charge in [0.15, 0.2) is 0 Å². The van der Waals surface area contributed by atoms with E-state index < -0.39 is 0 Å². The Morgan fingerprint density at radius 2 is 2.08 bits per heavy atom. The largest absolute Gasteiger partial charge is 0.299 e. The van der Waals surface area contributed by atoms with E-state index in [9.17, 15) is 4.79 Å². The van der Waals surface area contributed by atoms with Crippen LogP contribution in [0.25, 0.3) is 0 Å². The summed E-state index contributed by atoms with van der Waals surface area (Å²) in [7, 11) is 0. The van der Waals surface area contributed by atoms with Crippen LogP contribution in [-0.4, -0.2) is 5.78 Å². The van der Waals surface area contributed by atoms with Crippen LogP contribution in [0.15, 0.2) is 0 Å². The van der Waals surface area contributed by atoms with E-state index in [-0.39, 0.29) is 0 Å². The Labute approximate surface area is 79.9 Å². The molecule has 0 aromatic carbocycles. The van der Waals surface area contributed by atoms with Gasteiger partial charge in [0.25, 0.3) is 0 Å². The molecule has 0 heterocycles. The lowest BCUT2D eigenvalue weighted by Crippen LogP contribution is -2.37. The molecule has 0 radical (unpaired) electrons. The van der Waals surface area contributed by atoms with E-state index >= 15 is 0 Å². The van der Waals surface area contributed by atoms with Crippen LogP contribution < -0.4 is 0 Å². The van der Waals surface area contributed by atoms with Crippen molar-refractivity contribution in [1.82, 2.24) is 0 Å². The molecule has 3 rings (SSSR count). The molecule has 3 aliphatic carbocycles. The molecule has 1 nitrogen and oxygen atoms in total. The molecule has 3 unspecified atom stereocenters. The first kappa shape index (κ1) is 8.02. The smallest absolute Gasteiger partial charge is 0.136 e. The zero-order valence-corrected chi connectivity index (χ0v) is 8.22. The summed E-state index contributed by atoms with van der Waals surface area (Å²) in [6, 6.07) is 0. The van der Waals surface area contributed by atoms with Gasteiger partial charge in [-0.05, 0) is 43.4 Å². The highest BCUT2D eigenvalue weighted by atomic mass is 16.1. The van der Waals surface area contributed by atoms with Crippen LogP contribution in [0.2, 0.25) is 0 Å². The minimum absolute atomic E-state index is 0.481. The summed E-state index contributed by atoms with van der Waals surface area (Å²) in [4.78, 5) is 11.7. The summed E-state index contributed by atoms with van der Waals surface area (Å²) in [5, 5.41) is 0. The molecule has 3 atom stereocenters. The lowest BCUT2D eigenvalue weighted by Gasteiger charge is -2.44. The van der Waals surface area contributed by atoms with E-state index in [1.165, 1.54) is 44.9 Å². The highest BCUT2D eigenvalue weighted by Gasteiger charge is 2.51. The SMILES string of the molecule is O=C1CC2CCCCC23CCC1C3. The van der Waals surface area contributed by atoms with Crippen molar-refractivity contribution in [1.29, 1.82) is 0 Å². The molecule has 13 heavy (non-hydrogen) atoms. The first-order valence-electron chi connectivity index (χ1n) is 5.83. The summed E-state index contributed by atoms with van der Waals surface area (Å²) in [6.07, 6.45) is 10.4. The monoisotopic (exact) mass is 178 g/mol. The third kappa shape index (κ3) is 1.02. The number of Topliss-reactive ketones (excluding diaryl/α,β-unsaturated/α-hetero) is 1. The molecule has 0 amide bonds. The Morgan fingerprint density at radius 3 is 3.00 bits per heavy atom. The van der Waals surface area contributed by atoms with Gasteiger partial charge < -0.3 is 0 Å². The van der Waals surface area contributed by atoms with Gasteiger partial charge in [-0.1, -0.05) is 12.8 Å². The van der Waals surface area contributed by atoms with Gasteiger partial charge in [-0.25, -0.2) is 0 Å². The second kappa shape index (κ2) is 2.59. The quantitative estimate of drug-likeness (QED) is 0.557. The maximum atomic E-state index is 11.7. The Balaban J connectivity index is 1.92. The van der Waals surface area contributed by atoms with Crippen molar-refractivity contribution in [2.24, 2.45) is 17.3 Å². The van der Waals surface area contributed by atoms with Gasteiger partial charge in [0.2, 0.25) is 0 Å². The molecule has 0 aliphatic heterocycles. The maximum absolute atomic E-state index is 11.7. The number of hydrogen-bond acceptors (Lipinski definition) is 1. The first-order chi connectivity index (χ1) is 6.30. The molecular formula is C12H18O. The number of carbonyl (C=O) groups excluding carboxylic acids is 1. The van der Waals surface area contributed by atoms with Crippen molar-refractivity contribution in [3.8, 4) is 0 Å². The first-order valence-corrected chi connectivity index (χ1v) is 5.83. The third-order valence-corrected chi connectivity index (χ3v) is 4.89. The van der Waals surface area contributed by atoms with Crippen LogP contribution in [0.1, 0.15) is 51.4 Å². The number of ketones is 1. The van der Waals surface area contributed by atoms with Gasteiger partial charge in [0, 0.05) is 12.3 Å². The van der Waals surface area contributed by atoms with Crippen LogP contribution in [0, 0.1) is 17.3 Å². The summed E-state index contributed by atoms with van der Waals surface area (Å²) in [6.45, 7) is 0. The minimum Gasteiger partial charge on any atom is -0.299 e. The second-order valence-electron chi connectivity index (χ2n) is 5.42. The van der Waals surface area contributed by atoms with Gasteiger partial charge in [-0.15, -0.1) is 0 Å². The molecule has 1 spiro atoms. The van der Waals surface area contributed by atoms with Crippen molar-refractivity contribution in [3.63, 3.8) is 0 Å². The van der Waals surface area contributed by atoms with Gasteiger partial charge in [-0.3, -0.25) is 4.79 Å². The summed E-state index contributed by atoms with van der Waals surface area (Å²) in [5.41, 5.74) is 0.650. The average Bonchev–Trinajstić information content (AvgIpc) is 2.50. The molecule has 3 aliphatic rings. The van der Waals surface area contributed by atoms with Crippen LogP contribution in [0.5, 0.6) is 0 Å². The van der Waals surface area contributed by atoms with Crippen molar-refractivity contribution >= 4 is 5.78 Å². The van der Waals surface area contributed by atoms with Gasteiger partial charge >= 0.3 is 0 Å². The summed E-state index contributed by atoms with van der Waals surface area (Å²) in [5.74, 6) is 1.86. The van der Waals surface area contributed by atoms with Crippen molar-refractivity contribution in [2.45, 2.75) is 51.4 Å². The van der Waals surface area contributed by atoms with Gasteiger partial charge in [-0.2, -0.15) is 0 Å². The summed E-state index contributed by atoms with van der Waals surface area (Å²) >= 11 is 0. The average molecular weight is 178 g/mol.